The minimum absolute atomic E-state index is 0.00288. The molecule has 2 aromatic rings. The fourth-order valence-corrected chi connectivity index (χ4v) is 2.61. The van der Waals surface area contributed by atoms with Crippen LogP contribution in [0.3, 0.4) is 0 Å². The monoisotopic (exact) mass is 310 g/mol. The first kappa shape index (κ1) is 15.1. The van der Waals surface area contributed by atoms with E-state index < -0.39 is 6.10 Å². The second kappa shape index (κ2) is 6.52. The van der Waals surface area contributed by atoms with Crippen molar-refractivity contribution in [1.82, 2.24) is 0 Å². The van der Waals surface area contributed by atoms with Gasteiger partial charge in [-0.1, -0.05) is 30.3 Å². The number of nitrogens with zero attached hydrogens (tertiary/aromatic N) is 1. The highest BCUT2D eigenvalue weighted by Gasteiger charge is 2.31. The highest BCUT2D eigenvalue weighted by molar-refractivity contribution is 6.02. The summed E-state index contributed by atoms with van der Waals surface area (Å²) in [6.45, 7) is 2.44. The normalized spacial score (nSPS) is 16.0. The fraction of sp³-hybridized carbons (Fsp3) is 0.222. The van der Waals surface area contributed by atoms with Crippen molar-refractivity contribution in [2.75, 3.05) is 16.8 Å². The number of anilines is 2. The number of ether oxygens (including phenoxy) is 1. The molecule has 2 amide bonds. The van der Waals surface area contributed by atoms with E-state index in [0.29, 0.717) is 18.0 Å². The van der Waals surface area contributed by atoms with Crippen molar-refractivity contribution in [3.8, 4) is 5.75 Å². The lowest BCUT2D eigenvalue weighted by molar-refractivity contribution is -0.129. The van der Waals surface area contributed by atoms with Crippen LogP contribution in [0.5, 0.6) is 5.75 Å². The van der Waals surface area contributed by atoms with Crippen molar-refractivity contribution in [2.45, 2.75) is 19.4 Å². The summed E-state index contributed by atoms with van der Waals surface area (Å²) < 4.78 is 5.69. The Bertz CT molecular complexity index is 715. The summed E-state index contributed by atoms with van der Waals surface area (Å²) in [5, 5.41) is 2.78. The summed E-state index contributed by atoms with van der Waals surface area (Å²) in [6.07, 6.45) is -0.807. The van der Waals surface area contributed by atoms with Crippen molar-refractivity contribution in [1.29, 1.82) is 0 Å². The third kappa shape index (κ3) is 3.18. The summed E-state index contributed by atoms with van der Waals surface area (Å²) in [6, 6.07) is 16.6. The molecule has 0 bridgehead atoms. The molecule has 0 aliphatic carbocycles. The van der Waals surface area contributed by atoms with Gasteiger partial charge in [-0.2, -0.15) is 0 Å². The summed E-state index contributed by atoms with van der Waals surface area (Å²) in [4.78, 5) is 26.3. The van der Waals surface area contributed by atoms with Crippen LogP contribution >= 0.6 is 0 Å². The zero-order chi connectivity index (χ0) is 16.2. The lowest BCUT2D eigenvalue weighted by Crippen LogP contribution is -2.42. The summed E-state index contributed by atoms with van der Waals surface area (Å²) >= 11 is 0. The van der Waals surface area contributed by atoms with Gasteiger partial charge in [0, 0.05) is 12.2 Å². The van der Waals surface area contributed by atoms with Gasteiger partial charge >= 0.3 is 0 Å². The summed E-state index contributed by atoms with van der Waals surface area (Å²) in [7, 11) is 0. The van der Waals surface area contributed by atoms with Gasteiger partial charge < -0.3 is 15.0 Å². The minimum Gasteiger partial charge on any atom is -0.478 e. The minimum atomic E-state index is -0.810. The van der Waals surface area contributed by atoms with Crippen LogP contribution in [0, 0.1) is 0 Å². The molecule has 5 nitrogen and oxygen atoms in total. The van der Waals surface area contributed by atoms with E-state index in [2.05, 4.69) is 5.32 Å². The Hall–Kier alpha value is -2.82. The number of hydrogen-bond acceptors (Lipinski definition) is 3. The van der Waals surface area contributed by atoms with E-state index in [1.54, 1.807) is 17.0 Å². The highest BCUT2D eigenvalue weighted by Crippen LogP contribution is 2.30. The quantitative estimate of drug-likeness (QED) is 0.944. The van der Waals surface area contributed by atoms with Crippen LogP contribution in [-0.2, 0) is 9.59 Å². The maximum Gasteiger partial charge on any atom is 0.266 e. The zero-order valence-electron chi connectivity index (χ0n) is 12.9. The van der Waals surface area contributed by atoms with Crippen LogP contribution in [0.2, 0.25) is 0 Å². The van der Waals surface area contributed by atoms with Crippen LogP contribution in [0.1, 0.15) is 13.3 Å². The highest BCUT2D eigenvalue weighted by atomic mass is 16.5. The molecule has 1 atom stereocenters. The van der Waals surface area contributed by atoms with Crippen molar-refractivity contribution in [3.63, 3.8) is 0 Å². The maximum atomic E-state index is 12.6. The number of hydrogen-bond donors (Lipinski definition) is 1. The Kier molecular flexibility index (Phi) is 4.28. The topological polar surface area (TPSA) is 58.6 Å². The van der Waals surface area contributed by atoms with Gasteiger partial charge in [0.25, 0.3) is 5.91 Å². The molecule has 1 heterocycles. The Morgan fingerprint density at radius 3 is 2.57 bits per heavy atom. The van der Waals surface area contributed by atoms with Gasteiger partial charge in [0.15, 0.2) is 6.10 Å². The van der Waals surface area contributed by atoms with E-state index in [9.17, 15) is 9.59 Å². The number of nitrogens with one attached hydrogen (secondary N) is 1. The van der Waals surface area contributed by atoms with E-state index in [-0.39, 0.29) is 18.2 Å². The average Bonchev–Trinajstić information content (AvgIpc) is 2.57. The molecule has 118 valence electrons. The molecule has 1 aliphatic rings. The Morgan fingerprint density at radius 2 is 1.83 bits per heavy atom. The van der Waals surface area contributed by atoms with Gasteiger partial charge in [0.1, 0.15) is 5.75 Å². The van der Waals surface area contributed by atoms with Crippen molar-refractivity contribution >= 4 is 23.2 Å². The molecule has 5 heteroatoms. The van der Waals surface area contributed by atoms with E-state index >= 15 is 0 Å². The summed E-state index contributed by atoms with van der Waals surface area (Å²) in [5.74, 6) is 0.159. The third-order valence-electron chi connectivity index (χ3n) is 3.75. The predicted octanol–water partition coefficient (Wildman–Crippen LogP) is 2.83. The molecule has 1 N–H and O–H groups in total. The molecule has 0 saturated heterocycles. The predicted molar refractivity (Wildman–Crippen MR) is 88.6 cm³/mol. The smallest absolute Gasteiger partial charge is 0.266 e. The van der Waals surface area contributed by atoms with Gasteiger partial charge in [-0.25, -0.2) is 0 Å². The number of amides is 2. The van der Waals surface area contributed by atoms with Crippen molar-refractivity contribution in [2.24, 2.45) is 0 Å². The van der Waals surface area contributed by atoms with Gasteiger partial charge in [-0.05, 0) is 31.2 Å². The van der Waals surface area contributed by atoms with E-state index in [1.165, 1.54) is 0 Å². The number of rotatable bonds is 4. The lowest BCUT2D eigenvalue weighted by Gasteiger charge is -2.28. The molecule has 1 aliphatic heterocycles. The van der Waals surface area contributed by atoms with Gasteiger partial charge in [0.05, 0.1) is 12.1 Å². The first-order chi connectivity index (χ1) is 11.2. The van der Waals surface area contributed by atoms with Gasteiger partial charge in [0.2, 0.25) is 5.91 Å². The number of fused-ring (bicyclic) bond motifs is 1. The molecule has 3 rings (SSSR count). The zero-order valence-corrected chi connectivity index (χ0v) is 12.9. The first-order valence-electron chi connectivity index (χ1n) is 7.61. The van der Waals surface area contributed by atoms with Crippen molar-refractivity contribution < 1.29 is 14.3 Å². The number of para-hydroxylation sites is 3. The van der Waals surface area contributed by atoms with Gasteiger partial charge in [-0.3, -0.25) is 9.59 Å². The Balaban J connectivity index is 1.74. The number of benzene rings is 2. The van der Waals surface area contributed by atoms with E-state index in [0.717, 1.165) is 5.69 Å². The molecule has 0 aromatic heterocycles. The van der Waals surface area contributed by atoms with Crippen LogP contribution < -0.4 is 15.0 Å². The molecular weight excluding hydrogens is 292 g/mol. The molecular formula is C18H18N2O3. The molecule has 0 saturated carbocycles. The molecule has 0 fully saturated rings. The van der Waals surface area contributed by atoms with Crippen LogP contribution in [-0.4, -0.2) is 24.5 Å². The molecule has 2 aromatic carbocycles. The molecule has 23 heavy (non-hydrogen) atoms. The van der Waals surface area contributed by atoms with E-state index in [1.807, 2.05) is 49.4 Å². The van der Waals surface area contributed by atoms with Gasteiger partial charge in [-0.15, -0.1) is 0 Å². The molecule has 1 unspecified atom stereocenters. The largest absolute Gasteiger partial charge is 0.478 e. The lowest BCUT2D eigenvalue weighted by atomic mass is 10.1. The van der Waals surface area contributed by atoms with E-state index in [4.69, 9.17) is 4.74 Å². The average molecular weight is 310 g/mol. The summed E-state index contributed by atoms with van der Waals surface area (Å²) in [5.41, 5.74) is 1.45. The van der Waals surface area contributed by atoms with Crippen LogP contribution in [0.15, 0.2) is 54.6 Å². The van der Waals surface area contributed by atoms with Crippen molar-refractivity contribution in [3.05, 3.63) is 54.6 Å². The Morgan fingerprint density at radius 1 is 1.13 bits per heavy atom. The second-order valence-electron chi connectivity index (χ2n) is 5.27. The first-order valence-corrected chi connectivity index (χ1v) is 7.61. The molecule has 0 spiro atoms. The maximum absolute atomic E-state index is 12.6. The Labute approximate surface area is 134 Å². The van der Waals surface area contributed by atoms with Crippen LogP contribution in [0.25, 0.3) is 0 Å². The standard InChI is InChI=1S/C18H18N2O3/c1-2-20(13-8-4-3-5-9-13)17(21)12-16-18(22)19-14-10-6-7-11-15(14)23-16/h3-11,16H,2,12H2,1H3,(H,19,22). The SMILES string of the molecule is CCN(C(=O)CC1Oc2ccccc2NC1=O)c1ccccc1. The third-order valence-corrected chi connectivity index (χ3v) is 3.75. The number of carbonyl (C=O) groups excluding carboxylic acids is 2. The van der Waals surface area contributed by atoms with Crippen LogP contribution in [0.4, 0.5) is 11.4 Å². The second-order valence-corrected chi connectivity index (χ2v) is 5.27. The molecule has 0 radical (unpaired) electrons. The fourth-order valence-electron chi connectivity index (χ4n) is 2.61. The number of carbonyl (C=O) groups is 2.